The smallest absolute Gasteiger partial charge is 0.168 e. The van der Waals surface area contributed by atoms with Gasteiger partial charge in [0.15, 0.2) is 11.6 Å². The van der Waals surface area contributed by atoms with Gasteiger partial charge in [0.25, 0.3) is 0 Å². The average Bonchev–Trinajstić information content (AvgIpc) is 2.42. The lowest BCUT2D eigenvalue weighted by atomic mass is 9.96. The number of alkyl halides is 1. The minimum Gasteiger partial charge on any atom is -0.494 e. The van der Waals surface area contributed by atoms with Crippen molar-refractivity contribution in [2.75, 3.05) is 13.7 Å². The van der Waals surface area contributed by atoms with E-state index in [-0.39, 0.29) is 18.2 Å². The summed E-state index contributed by atoms with van der Waals surface area (Å²) in [6.45, 7) is 0.853. The molecule has 100 valence electrons. The molecular weight excluding hydrogens is 236 g/mol. The van der Waals surface area contributed by atoms with E-state index < -0.39 is 12.0 Å². The number of benzene rings is 1. The Labute approximate surface area is 106 Å². The van der Waals surface area contributed by atoms with Crippen molar-refractivity contribution in [3.8, 4) is 5.75 Å². The second-order valence-electron chi connectivity index (χ2n) is 4.71. The zero-order chi connectivity index (χ0) is 13.0. The summed E-state index contributed by atoms with van der Waals surface area (Å²) in [4.78, 5) is 0. The summed E-state index contributed by atoms with van der Waals surface area (Å²) in [5.41, 5.74) is 0.384. The van der Waals surface area contributed by atoms with Crippen LogP contribution >= 0.6 is 0 Å². The normalized spacial score (nSPS) is 21.6. The lowest BCUT2D eigenvalue weighted by Gasteiger charge is -2.26. The Kier molecular flexibility index (Phi) is 4.53. The van der Waals surface area contributed by atoms with E-state index in [0.29, 0.717) is 5.56 Å². The van der Waals surface area contributed by atoms with Crippen LogP contribution in [0.1, 0.15) is 24.8 Å². The van der Waals surface area contributed by atoms with Crippen molar-refractivity contribution in [1.82, 2.24) is 5.32 Å². The largest absolute Gasteiger partial charge is 0.494 e. The van der Waals surface area contributed by atoms with Gasteiger partial charge >= 0.3 is 0 Å². The fourth-order valence-corrected chi connectivity index (χ4v) is 2.41. The van der Waals surface area contributed by atoms with Gasteiger partial charge in [-0.15, -0.1) is 0 Å². The molecule has 1 saturated heterocycles. The molecule has 2 rings (SSSR count). The molecule has 0 amide bonds. The molecule has 0 aromatic heterocycles. The van der Waals surface area contributed by atoms with Gasteiger partial charge in [0, 0.05) is 12.5 Å². The molecule has 1 heterocycles. The Morgan fingerprint density at radius 2 is 2.28 bits per heavy atom. The Morgan fingerprint density at radius 3 is 2.94 bits per heavy atom. The van der Waals surface area contributed by atoms with Crippen molar-refractivity contribution in [2.45, 2.75) is 37.9 Å². The Hall–Kier alpha value is -1.16. The first kappa shape index (κ1) is 13.3. The predicted octanol–water partition coefficient (Wildman–Crippen LogP) is 2.86. The Bertz CT molecular complexity index is 391. The van der Waals surface area contributed by atoms with Gasteiger partial charge in [0.2, 0.25) is 0 Å². The molecule has 1 fully saturated rings. The zero-order valence-corrected chi connectivity index (χ0v) is 10.6. The molecule has 0 aliphatic carbocycles. The monoisotopic (exact) mass is 255 g/mol. The summed E-state index contributed by atoms with van der Waals surface area (Å²) in [7, 11) is 1.41. The predicted molar refractivity (Wildman–Crippen MR) is 67.2 cm³/mol. The molecule has 0 spiro atoms. The SMILES string of the molecule is COc1cccc(CC(F)C2CCCCN2)c1F. The van der Waals surface area contributed by atoms with E-state index in [2.05, 4.69) is 5.32 Å². The van der Waals surface area contributed by atoms with E-state index >= 15 is 0 Å². The summed E-state index contributed by atoms with van der Waals surface area (Å²) in [6.07, 6.45) is 2.01. The quantitative estimate of drug-likeness (QED) is 0.893. The van der Waals surface area contributed by atoms with E-state index in [4.69, 9.17) is 4.74 Å². The summed E-state index contributed by atoms with van der Waals surface area (Å²) in [5, 5.41) is 3.16. The minimum absolute atomic E-state index is 0.0979. The number of ether oxygens (including phenoxy) is 1. The highest BCUT2D eigenvalue weighted by Crippen LogP contribution is 2.23. The zero-order valence-electron chi connectivity index (χ0n) is 10.6. The van der Waals surface area contributed by atoms with E-state index in [1.165, 1.54) is 7.11 Å². The lowest BCUT2D eigenvalue weighted by Crippen LogP contribution is -2.42. The molecule has 4 heteroatoms. The molecule has 2 atom stereocenters. The number of nitrogens with one attached hydrogen (secondary N) is 1. The Balaban J connectivity index is 2.04. The fourth-order valence-electron chi connectivity index (χ4n) is 2.41. The summed E-state index contributed by atoms with van der Waals surface area (Å²) in [6, 6.07) is 4.71. The minimum atomic E-state index is -1.05. The third-order valence-corrected chi connectivity index (χ3v) is 3.46. The van der Waals surface area contributed by atoms with Crippen molar-refractivity contribution in [1.29, 1.82) is 0 Å². The number of piperidine rings is 1. The van der Waals surface area contributed by atoms with Crippen molar-refractivity contribution >= 4 is 0 Å². The second kappa shape index (κ2) is 6.14. The number of methoxy groups -OCH3 is 1. The summed E-state index contributed by atoms with van der Waals surface area (Å²) < 4.78 is 32.9. The van der Waals surface area contributed by atoms with Crippen molar-refractivity contribution in [2.24, 2.45) is 0 Å². The third kappa shape index (κ3) is 2.99. The average molecular weight is 255 g/mol. The molecule has 1 aromatic rings. The van der Waals surface area contributed by atoms with Crippen molar-refractivity contribution in [3.63, 3.8) is 0 Å². The van der Waals surface area contributed by atoms with Gasteiger partial charge in [-0.3, -0.25) is 0 Å². The number of hydrogen-bond acceptors (Lipinski definition) is 2. The molecule has 1 aliphatic heterocycles. The highest BCUT2D eigenvalue weighted by Gasteiger charge is 2.24. The molecule has 1 aliphatic rings. The molecule has 0 saturated carbocycles. The first-order chi connectivity index (χ1) is 8.72. The van der Waals surface area contributed by atoms with Crippen LogP contribution in [-0.4, -0.2) is 25.9 Å². The topological polar surface area (TPSA) is 21.3 Å². The van der Waals surface area contributed by atoms with E-state index in [0.717, 1.165) is 25.8 Å². The highest BCUT2D eigenvalue weighted by atomic mass is 19.1. The van der Waals surface area contributed by atoms with Crippen LogP contribution in [0.5, 0.6) is 5.75 Å². The van der Waals surface area contributed by atoms with Gasteiger partial charge in [-0.05, 0) is 31.0 Å². The standard InChI is InChI=1S/C14H19F2NO/c1-18-13-7-4-5-10(14(13)16)9-11(15)12-6-2-3-8-17-12/h4-5,7,11-12,17H,2-3,6,8-9H2,1H3. The maximum Gasteiger partial charge on any atom is 0.168 e. The van der Waals surface area contributed by atoms with E-state index in [1.807, 2.05) is 0 Å². The first-order valence-corrected chi connectivity index (χ1v) is 6.41. The first-order valence-electron chi connectivity index (χ1n) is 6.41. The van der Waals surface area contributed by atoms with Gasteiger partial charge < -0.3 is 10.1 Å². The van der Waals surface area contributed by atoms with Crippen LogP contribution < -0.4 is 10.1 Å². The molecule has 0 radical (unpaired) electrons. The van der Waals surface area contributed by atoms with Gasteiger partial charge in [-0.2, -0.15) is 0 Å². The molecule has 0 bridgehead atoms. The summed E-state index contributed by atoms with van der Waals surface area (Å²) in [5.74, 6) is -0.269. The Morgan fingerprint density at radius 1 is 1.44 bits per heavy atom. The van der Waals surface area contributed by atoms with Gasteiger partial charge in [-0.25, -0.2) is 8.78 Å². The molecule has 1 N–H and O–H groups in total. The molecule has 2 unspecified atom stereocenters. The van der Waals surface area contributed by atoms with Gasteiger partial charge in [0.05, 0.1) is 7.11 Å². The van der Waals surface area contributed by atoms with Crippen LogP contribution in [0, 0.1) is 5.82 Å². The van der Waals surface area contributed by atoms with Crippen LogP contribution in [0.15, 0.2) is 18.2 Å². The lowest BCUT2D eigenvalue weighted by molar-refractivity contribution is 0.215. The highest BCUT2D eigenvalue weighted by molar-refractivity contribution is 5.31. The second-order valence-corrected chi connectivity index (χ2v) is 4.71. The molecule has 2 nitrogen and oxygen atoms in total. The van der Waals surface area contributed by atoms with E-state index in [9.17, 15) is 8.78 Å². The van der Waals surface area contributed by atoms with E-state index in [1.54, 1.807) is 18.2 Å². The van der Waals surface area contributed by atoms with Crippen molar-refractivity contribution in [3.05, 3.63) is 29.6 Å². The fraction of sp³-hybridized carbons (Fsp3) is 0.571. The van der Waals surface area contributed by atoms with Crippen molar-refractivity contribution < 1.29 is 13.5 Å². The maximum atomic E-state index is 14.1. The molecular formula is C14H19F2NO. The van der Waals surface area contributed by atoms with Crippen LogP contribution in [0.3, 0.4) is 0 Å². The van der Waals surface area contributed by atoms with Gasteiger partial charge in [-0.1, -0.05) is 18.6 Å². The van der Waals surface area contributed by atoms with Gasteiger partial charge in [0.1, 0.15) is 6.17 Å². The summed E-state index contributed by atoms with van der Waals surface area (Å²) >= 11 is 0. The van der Waals surface area contributed by atoms with Crippen LogP contribution in [0.25, 0.3) is 0 Å². The van der Waals surface area contributed by atoms with Crippen LogP contribution in [-0.2, 0) is 6.42 Å². The number of rotatable bonds is 4. The number of halogens is 2. The molecule has 1 aromatic carbocycles. The maximum absolute atomic E-state index is 14.1. The van der Waals surface area contributed by atoms with Crippen LogP contribution in [0.4, 0.5) is 8.78 Å². The molecule has 18 heavy (non-hydrogen) atoms. The van der Waals surface area contributed by atoms with Crippen LogP contribution in [0.2, 0.25) is 0 Å². The third-order valence-electron chi connectivity index (χ3n) is 3.46. The number of hydrogen-bond donors (Lipinski definition) is 1.